The van der Waals surface area contributed by atoms with Gasteiger partial charge in [-0.1, -0.05) is 19.9 Å². The molecule has 0 aliphatic heterocycles. The van der Waals surface area contributed by atoms with Crippen LogP contribution in [0.15, 0.2) is 42.5 Å². The maximum atomic E-state index is 13.9. The molecule has 180 valence electrons. The Morgan fingerprint density at radius 2 is 1.65 bits per heavy atom. The first-order valence-electron chi connectivity index (χ1n) is 10.1. The van der Waals surface area contributed by atoms with Gasteiger partial charge in [-0.2, -0.15) is 8.78 Å². The molecule has 2 aromatic carbocycles. The van der Waals surface area contributed by atoms with Crippen molar-refractivity contribution >= 4 is 28.3 Å². The smallest absolute Gasteiger partial charge is 0.387 e. The molecule has 34 heavy (non-hydrogen) atoms. The third-order valence-electron chi connectivity index (χ3n) is 4.81. The summed E-state index contributed by atoms with van der Waals surface area (Å²) >= 11 is 1.17. The average Bonchev–Trinajstić information content (AvgIpc) is 3.11. The van der Waals surface area contributed by atoms with Gasteiger partial charge in [0, 0.05) is 10.4 Å². The average molecular weight is 495 g/mol. The van der Waals surface area contributed by atoms with E-state index in [1.54, 1.807) is 32.9 Å². The van der Waals surface area contributed by atoms with Crippen molar-refractivity contribution in [2.24, 2.45) is 5.92 Å². The van der Waals surface area contributed by atoms with E-state index >= 15 is 0 Å². The number of hydrogen-bond acceptors (Lipinski definition) is 5. The van der Waals surface area contributed by atoms with Gasteiger partial charge < -0.3 is 15.4 Å². The number of anilines is 1. The fourth-order valence-electron chi connectivity index (χ4n) is 3.16. The van der Waals surface area contributed by atoms with Crippen molar-refractivity contribution in [2.45, 2.75) is 33.4 Å². The third kappa shape index (κ3) is 5.90. The number of aromatic nitrogens is 1. The summed E-state index contributed by atoms with van der Waals surface area (Å²) in [6.07, 6.45) is 0. The number of rotatable bonds is 8. The van der Waals surface area contributed by atoms with E-state index in [0.29, 0.717) is 11.3 Å². The number of halogens is 4. The summed E-state index contributed by atoms with van der Waals surface area (Å²) < 4.78 is 56.9. The van der Waals surface area contributed by atoms with Crippen LogP contribution in [0.1, 0.15) is 29.1 Å². The standard InChI is InChI=1S/C23H21F4N3O3S/c1-11(2)18(28-20(31)17-15(24)5-4-6-16(17)25)21(32)30-23-29-19(12(3)34-23)13-7-9-14(10-8-13)33-22(26)27/h4-11,18,22H,1-3H3,(H,28,31)(H,29,30,32). The van der Waals surface area contributed by atoms with E-state index in [4.69, 9.17) is 0 Å². The molecular formula is C23H21F4N3O3S. The Morgan fingerprint density at radius 1 is 1.03 bits per heavy atom. The second-order valence-corrected chi connectivity index (χ2v) is 8.81. The number of nitrogens with one attached hydrogen (secondary N) is 2. The number of carbonyl (C=O) groups excluding carboxylic acids is 2. The number of aryl methyl sites for hydroxylation is 1. The highest BCUT2D eigenvalue weighted by Gasteiger charge is 2.28. The highest BCUT2D eigenvalue weighted by atomic mass is 32.1. The molecule has 0 saturated heterocycles. The van der Waals surface area contributed by atoms with Crippen LogP contribution >= 0.6 is 11.3 Å². The molecule has 11 heteroatoms. The number of benzene rings is 2. The second kappa shape index (κ2) is 10.6. The molecule has 0 bridgehead atoms. The highest BCUT2D eigenvalue weighted by Crippen LogP contribution is 2.31. The van der Waals surface area contributed by atoms with Gasteiger partial charge in [-0.25, -0.2) is 13.8 Å². The number of amides is 2. The molecule has 0 saturated carbocycles. The summed E-state index contributed by atoms with van der Waals surface area (Å²) in [5.41, 5.74) is 0.384. The van der Waals surface area contributed by atoms with Gasteiger partial charge in [0.05, 0.1) is 5.69 Å². The van der Waals surface area contributed by atoms with Gasteiger partial charge in [-0.05, 0) is 49.2 Å². The lowest BCUT2D eigenvalue weighted by molar-refractivity contribution is -0.118. The maximum Gasteiger partial charge on any atom is 0.387 e. The summed E-state index contributed by atoms with van der Waals surface area (Å²) in [4.78, 5) is 30.4. The Morgan fingerprint density at radius 3 is 2.21 bits per heavy atom. The lowest BCUT2D eigenvalue weighted by Gasteiger charge is -2.21. The monoisotopic (exact) mass is 495 g/mol. The molecule has 2 amide bonds. The molecule has 0 aliphatic rings. The van der Waals surface area contributed by atoms with Gasteiger partial charge in [0.15, 0.2) is 5.13 Å². The summed E-state index contributed by atoms with van der Waals surface area (Å²) in [5.74, 6) is -4.13. The number of carbonyl (C=O) groups is 2. The molecule has 1 atom stereocenters. The van der Waals surface area contributed by atoms with Crippen LogP contribution in [-0.2, 0) is 4.79 Å². The molecule has 0 radical (unpaired) electrons. The van der Waals surface area contributed by atoms with E-state index in [9.17, 15) is 27.2 Å². The molecule has 2 N–H and O–H groups in total. The molecule has 3 rings (SSSR count). The molecule has 1 aromatic heterocycles. The Labute approximate surface area is 197 Å². The van der Waals surface area contributed by atoms with Gasteiger partial charge in [0.1, 0.15) is 29.0 Å². The van der Waals surface area contributed by atoms with Crippen molar-refractivity contribution in [3.63, 3.8) is 0 Å². The molecule has 1 heterocycles. The number of hydrogen-bond donors (Lipinski definition) is 2. The van der Waals surface area contributed by atoms with Gasteiger partial charge >= 0.3 is 6.61 Å². The quantitative estimate of drug-likeness (QED) is 0.411. The van der Waals surface area contributed by atoms with E-state index in [1.807, 2.05) is 0 Å². The largest absolute Gasteiger partial charge is 0.435 e. The van der Waals surface area contributed by atoms with Crippen LogP contribution in [0.25, 0.3) is 11.3 Å². The second-order valence-electron chi connectivity index (χ2n) is 7.61. The number of thiazole rings is 1. The summed E-state index contributed by atoms with van der Waals surface area (Å²) in [5, 5.41) is 5.24. The molecule has 6 nitrogen and oxygen atoms in total. The molecule has 0 aliphatic carbocycles. The van der Waals surface area contributed by atoms with E-state index in [0.717, 1.165) is 23.1 Å². The fourth-order valence-corrected chi connectivity index (χ4v) is 4.00. The van der Waals surface area contributed by atoms with E-state index in [2.05, 4.69) is 20.4 Å². The highest BCUT2D eigenvalue weighted by molar-refractivity contribution is 7.16. The molecule has 1 unspecified atom stereocenters. The van der Waals surface area contributed by atoms with Gasteiger partial charge in [-0.3, -0.25) is 9.59 Å². The van der Waals surface area contributed by atoms with Crippen LogP contribution in [0.3, 0.4) is 0 Å². The van der Waals surface area contributed by atoms with Crippen molar-refractivity contribution in [1.82, 2.24) is 10.3 Å². The number of alkyl halides is 2. The SMILES string of the molecule is Cc1sc(NC(=O)C(NC(=O)c2c(F)cccc2F)C(C)C)nc1-c1ccc(OC(F)F)cc1. The first-order valence-corrected chi connectivity index (χ1v) is 11.0. The zero-order valence-electron chi connectivity index (χ0n) is 18.4. The van der Waals surface area contributed by atoms with E-state index in [-0.39, 0.29) is 10.9 Å². The van der Waals surface area contributed by atoms with Crippen molar-refractivity contribution < 1.29 is 31.9 Å². The third-order valence-corrected chi connectivity index (χ3v) is 5.69. The summed E-state index contributed by atoms with van der Waals surface area (Å²) in [6, 6.07) is 7.83. The topological polar surface area (TPSA) is 80.3 Å². The molecular weight excluding hydrogens is 474 g/mol. The van der Waals surface area contributed by atoms with Crippen molar-refractivity contribution in [3.05, 3.63) is 64.5 Å². The Balaban J connectivity index is 1.75. The predicted molar refractivity (Wildman–Crippen MR) is 120 cm³/mol. The fraction of sp³-hybridized carbons (Fsp3) is 0.261. The van der Waals surface area contributed by atoms with Crippen LogP contribution < -0.4 is 15.4 Å². The minimum absolute atomic E-state index is 0.00182. The van der Waals surface area contributed by atoms with Gasteiger partial charge in [0.2, 0.25) is 5.91 Å². The number of ether oxygens (including phenoxy) is 1. The van der Waals surface area contributed by atoms with Crippen LogP contribution in [0.4, 0.5) is 22.7 Å². The minimum Gasteiger partial charge on any atom is -0.435 e. The van der Waals surface area contributed by atoms with Crippen LogP contribution in [0, 0.1) is 24.5 Å². The summed E-state index contributed by atoms with van der Waals surface area (Å²) in [6.45, 7) is 2.18. The number of nitrogens with zero attached hydrogens (tertiary/aromatic N) is 1. The Kier molecular flexibility index (Phi) is 7.87. The van der Waals surface area contributed by atoms with Crippen molar-refractivity contribution in [2.75, 3.05) is 5.32 Å². The van der Waals surface area contributed by atoms with E-state index in [1.165, 1.54) is 23.5 Å². The first kappa shape index (κ1) is 25.2. The normalized spacial score (nSPS) is 12.0. The lowest BCUT2D eigenvalue weighted by atomic mass is 10.0. The van der Waals surface area contributed by atoms with Crippen molar-refractivity contribution in [3.8, 4) is 17.0 Å². The maximum absolute atomic E-state index is 13.9. The zero-order chi connectivity index (χ0) is 25.0. The van der Waals surface area contributed by atoms with Crippen LogP contribution in [0.5, 0.6) is 5.75 Å². The predicted octanol–water partition coefficient (Wildman–Crippen LogP) is 5.39. The molecule has 0 spiro atoms. The minimum atomic E-state index is -2.93. The first-order chi connectivity index (χ1) is 16.1. The van der Waals surface area contributed by atoms with Crippen LogP contribution in [0.2, 0.25) is 0 Å². The molecule has 3 aromatic rings. The Bertz CT molecular complexity index is 1160. The van der Waals surface area contributed by atoms with E-state index < -0.39 is 47.6 Å². The van der Waals surface area contributed by atoms with Gasteiger partial charge in [-0.15, -0.1) is 11.3 Å². The van der Waals surface area contributed by atoms with Gasteiger partial charge in [0.25, 0.3) is 5.91 Å². The van der Waals surface area contributed by atoms with Crippen molar-refractivity contribution in [1.29, 1.82) is 0 Å². The Hall–Kier alpha value is -3.47. The zero-order valence-corrected chi connectivity index (χ0v) is 19.2. The van der Waals surface area contributed by atoms with Crippen LogP contribution in [-0.4, -0.2) is 29.5 Å². The molecule has 0 fully saturated rings. The lowest BCUT2D eigenvalue weighted by Crippen LogP contribution is -2.47. The summed E-state index contributed by atoms with van der Waals surface area (Å²) in [7, 11) is 0.